The fraction of sp³-hybridized carbons (Fsp3) is 0.556. The molecule has 1 aromatic rings. The zero-order chi connectivity index (χ0) is 15.6. The number of hydrogen-bond donors (Lipinski definition) is 1. The number of methoxy groups -OCH3 is 1. The summed E-state index contributed by atoms with van der Waals surface area (Å²) in [5.41, 5.74) is 2.25. The van der Waals surface area contributed by atoms with Crippen molar-refractivity contribution in [1.82, 2.24) is 4.90 Å². The maximum Gasteiger partial charge on any atom is 0.231 e. The molecule has 122 valence electrons. The molecule has 4 aliphatic rings. The van der Waals surface area contributed by atoms with E-state index >= 15 is 0 Å². The van der Waals surface area contributed by atoms with Gasteiger partial charge in [-0.05, 0) is 55.1 Å². The Morgan fingerprint density at radius 1 is 1.26 bits per heavy atom. The maximum absolute atomic E-state index is 10.8. The van der Waals surface area contributed by atoms with Crippen molar-refractivity contribution in [3.63, 3.8) is 0 Å². The SMILES string of the molecule is COC1=CC(O)C2c3cc4c(cc3CCN3CCCC123)OCO4. The molecule has 1 fully saturated rings. The Bertz CT molecular complexity index is 701. The molecule has 0 radical (unpaired) electrons. The van der Waals surface area contributed by atoms with Crippen molar-refractivity contribution in [2.24, 2.45) is 0 Å². The number of nitrogens with zero attached hydrogens (tertiary/aromatic N) is 1. The van der Waals surface area contributed by atoms with Crippen LogP contribution in [0.25, 0.3) is 0 Å². The average Bonchev–Trinajstić information content (AvgIpc) is 3.21. The van der Waals surface area contributed by atoms with E-state index in [-0.39, 0.29) is 18.2 Å². The Hall–Kier alpha value is -1.72. The molecule has 0 amide bonds. The van der Waals surface area contributed by atoms with E-state index in [0.717, 1.165) is 49.6 Å². The highest BCUT2D eigenvalue weighted by atomic mass is 16.7. The molecule has 5 rings (SSSR count). The zero-order valence-corrected chi connectivity index (χ0v) is 13.2. The summed E-state index contributed by atoms with van der Waals surface area (Å²) < 4.78 is 16.9. The van der Waals surface area contributed by atoms with E-state index in [1.807, 2.05) is 6.08 Å². The predicted molar refractivity (Wildman–Crippen MR) is 83.6 cm³/mol. The summed E-state index contributed by atoms with van der Waals surface area (Å²) in [5.74, 6) is 2.56. The van der Waals surface area contributed by atoms with Gasteiger partial charge in [-0.1, -0.05) is 0 Å². The standard InChI is InChI=1S/C18H21NO4/c1-21-16-9-13(20)17-12-8-15-14(22-10-23-15)7-11(12)3-6-19-5-2-4-18(16,17)19/h7-9,13,17,20H,2-6,10H2,1H3. The number of rotatable bonds is 1. The van der Waals surface area contributed by atoms with Crippen LogP contribution in [0.2, 0.25) is 0 Å². The molecule has 0 aromatic heterocycles. The number of aliphatic hydroxyl groups excluding tert-OH is 1. The van der Waals surface area contributed by atoms with Crippen LogP contribution >= 0.6 is 0 Å². The third-order valence-corrected chi connectivity index (χ3v) is 6.00. The van der Waals surface area contributed by atoms with Gasteiger partial charge >= 0.3 is 0 Å². The van der Waals surface area contributed by atoms with Crippen LogP contribution in [0.15, 0.2) is 24.0 Å². The van der Waals surface area contributed by atoms with Crippen molar-refractivity contribution in [3.8, 4) is 11.5 Å². The van der Waals surface area contributed by atoms with Crippen molar-refractivity contribution < 1.29 is 19.3 Å². The van der Waals surface area contributed by atoms with Crippen LogP contribution in [0.4, 0.5) is 0 Å². The van der Waals surface area contributed by atoms with Crippen molar-refractivity contribution in [2.75, 3.05) is 27.0 Å². The first-order valence-corrected chi connectivity index (χ1v) is 8.36. The van der Waals surface area contributed by atoms with Crippen LogP contribution in [0, 0.1) is 0 Å². The second-order valence-corrected chi connectivity index (χ2v) is 6.87. The monoisotopic (exact) mass is 315 g/mol. The molecule has 1 saturated heterocycles. The van der Waals surface area contributed by atoms with Gasteiger partial charge in [0.15, 0.2) is 11.5 Å². The number of hydrogen-bond acceptors (Lipinski definition) is 5. The van der Waals surface area contributed by atoms with Crippen molar-refractivity contribution >= 4 is 0 Å². The second kappa shape index (κ2) is 4.65. The quantitative estimate of drug-likeness (QED) is 0.856. The maximum atomic E-state index is 10.8. The lowest BCUT2D eigenvalue weighted by Crippen LogP contribution is -2.49. The number of fused-ring (bicyclic) bond motifs is 3. The van der Waals surface area contributed by atoms with Crippen molar-refractivity contribution in [3.05, 3.63) is 35.1 Å². The molecule has 1 N–H and O–H groups in total. The summed E-state index contributed by atoms with van der Waals surface area (Å²) in [7, 11) is 1.72. The first-order valence-electron chi connectivity index (χ1n) is 8.36. The normalized spacial score (nSPS) is 34.4. The molecule has 0 bridgehead atoms. The molecule has 3 atom stereocenters. The first-order chi connectivity index (χ1) is 11.2. The Labute approximate surface area is 135 Å². The lowest BCUT2D eigenvalue weighted by molar-refractivity contribution is 0.0661. The van der Waals surface area contributed by atoms with Gasteiger partial charge in [-0.25, -0.2) is 0 Å². The van der Waals surface area contributed by atoms with E-state index in [4.69, 9.17) is 14.2 Å². The van der Waals surface area contributed by atoms with Gasteiger partial charge in [-0.2, -0.15) is 0 Å². The van der Waals surface area contributed by atoms with Gasteiger partial charge in [0.05, 0.1) is 18.8 Å². The third-order valence-electron chi connectivity index (χ3n) is 6.00. The molecule has 3 heterocycles. The van der Waals surface area contributed by atoms with Gasteiger partial charge in [0.25, 0.3) is 0 Å². The Morgan fingerprint density at radius 2 is 2.09 bits per heavy atom. The highest BCUT2D eigenvalue weighted by Crippen LogP contribution is 2.55. The minimum Gasteiger partial charge on any atom is -0.499 e. The van der Waals surface area contributed by atoms with Crippen LogP contribution in [0.5, 0.6) is 11.5 Å². The van der Waals surface area contributed by atoms with E-state index in [2.05, 4.69) is 17.0 Å². The molecule has 1 aliphatic carbocycles. The topological polar surface area (TPSA) is 51.2 Å². The van der Waals surface area contributed by atoms with Gasteiger partial charge in [-0.15, -0.1) is 0 Å². The molecular formula is C18H21NO4. The summed E-state index contributed by atoms with van der Waals surface area (Å²) in [4.78, 5) is 2.51. The third kappa shape index (κ3) is 1.64. The molecular weight excluding hydrogens is 294 g/mol. The van der Waals surface area contributed by atoms with Crippen LogP contribution < -0.4 is 9.47 Å². The largest absolute Gasteiger partial charge is 0.499 e. The second-order valence-electron chi connectivity index (χ2n) is 6.87. The van der Waals surface area contributed by atoms with Crippen LogP contribution in [0.1, 0.15) is 29.9 Å². The Balaban J connectivity index is 1.71. The van der Waals surface area contributed by atoms with Crippen molar-refractivity contribution in [2.45, 2.75) is 36.8 Å². The number of ether oxygens (including phenoxy) is 3. The minimum atomic E-state index is -0.525. The first kappa shape index (κ1) is 13.7. The average molecular weight is 315 g/mol. The lowest BCUT2D eigenvalue weighted by Gasteiger charge is -2.41. The Kier molecular flexibility index (Phi) is 2.77. The van der Waals surface area contributed by atoms with E-state index in [1.54, 1.807) is 7.11 Å². The fourth-order valence-corrected chi connectivity index (χ4v) is 5.12. The lowest BCUT2D eigenvalue weighted by atomic mass is 9.77. The van der Waals surface area contributed by atoms with E-state index in [9.17, 15) is 5.11 Å². The van der Waals surface area contributed by atoms with Gasteiger partial charge < -0.3 is 19.3 Å². The molecule has 1 spiro atoms. The smallest absolute Gasteiger partial charge is 0.231 e. The van der Waals surface area contributed by atoms with Crippen LogP contribution in [0.3, 0.4) is 0 Å². The molecule has 5 heteroatoms. The fourth-order valence-electron chi connectivity index (χ4n) is 5.12. The highest BCUT2D eigenvalue weighted by Gasteiger charge is 2.58. The van der Waals surface area contributed by atoms with E-state index in [0.29, 0.717) is 0 Å². The number of aliphatic hydroxyl groups is 1. The number of benzene rings is 1. The summed E-state index contributed by atoms with van der Waals surface area (Å²) in [6, 6.07) is 4.19. The van der Waals surface area contributed by atoms with E-state index in [1.165, 1.54) is 11.1 Å². The molecule has 5 nitrogen and oxygen atoms in total. The minimum absolute atomic E-state index is 0.00644. The summed E-state index contributed by atoms with van der Waals surface area (Å²) >= 11 is 0. The van der Waals surface area contributed by atoms with Crippen LogP contribution in [-0.2, 0) is 11.2 Å². The van der Waals surface area contributed by atoms with Crippen molar-refractivity contribution in [1.29, 1.82) is 0 Å². The Morgan fingerprint density at radius 3 is 2.91 bits per heavy atom. The molecule has 3 unspecified atom stereocenters. The summed E-state index contributed by atoms with van der Waals surface area (Å²) in [5, 5.41) is 10.8. The van der Waals surface area contributed by atoms with Crippen LogP contribution in [-0.4, -0.2) is 48.6 Å². The zero-order valence-electron chi connectivity index (χ0n) is 13.2. The highest BCUT2D eigenvalue weighted by molar-refractivity contribution is 5.54. The van der Waals surface area contributed by atoms with Gasteiger partial charge in [0.1, 0.15) is 5.76 Å². The summed E-state index contributed by atoms with van der Waals surface area (Å²) in [6.45, 7) is 2.32. The predicted octanol–water partition coefficient (Wildman–Crippen LogP) is 1.79. The summed E-state index contributed by atoms with van der Waals surface area (Å²) in [6.07, 6.45) is 4.52. The molecule has 0 saturated carbocycles. The van der Waals surface area contributed by atoms with Gasteiger partial charge in [-0.3, -0.25) is 4.90 Å². The molecule has 3 aliphatic heterocycles. The van der Waals surface area contributed by atoms with Gasteiger partial charge in [0, 0.05) is 12.5 Å². The molecule has 23 heavy (non-hydrogen) atoms. The molecule has 1 aromatic carbocycles. The van der Waals surface area contributed by atoms with Gasteiger partial charge in [0.2, 0.25) is 6.79 Å². The van der Waals surface area contributed by atoms with E-state index < -0.39 is 6.10 Å².